The van der Waals surface area contributed by atoms with Crippen molar-refractivity contribution in [3.05, 3.63) is 111 Å². The summed E-state index contributed by atoms with van der Waals surface area (Å²) in [6, 6.07) is 23.9. The molecule has 0 unspecified atom stereocenters. The zero-order valence-electron chi connectivity index (χ0n) is 22.8. The molecule has 5 rings (SSSR count). The van der Waals surface area contributed by atoms with Gasteiger partial charge in [0.25, 0.3) is 5.91 Å². The highest BCUT2D eigenvalue weighted by atomic mass is 79.9. The Hall–Kier alpha value is -4.93. The van der Waals surface area contributed by atoms with Gasteiger partial charge in [-0.1, -0.05) is 54.1 Å². The Kier molecular flexibility index (Phi) is 8.89. The first-order valence-corrected chi connectivity index (χ1v) is 14.0. The fourth-order valence-corrected chi connectivity index (χ4v) is 5.08. The molecule has 0 saturated carbocycles. The number of esters is 2. The second-order valence-corrected chi connectivity index (χ2v) is 10.4. The van der Waals surface area contributed by atoms with Gasteiger partial charge in [0.2, 0.25) is 0 Å². The molecule has 0 aliphatic rings. The lowest BCUT2D eigenvalue weighted by molar-refractivity contribution is -0.132. The van der Waals surface area contributed by atoms with Gasteiger partial charge in [0.05, 0.1) is 24.4 Å². The molecule has 0 aliphatic heterocycles. The normalized spacial score (nSPS) is 11.0. The monoisotopic (exact) mass is 659 g/mol. The standard InChI is InChI=1S/C32H23BrClN3O6/c1-18(38)42-26-15-14-19(16-27(26)41-2)32(40)43-25-13-6-3-8-20(25)17-35-37-31(39)30-28(21-9-4-5-12-24(21)34)22-10-7-11-23(33)29(22)36-30/h3-17,36H,1-2H3,(H,37,39). The van der Waals surface area contributed by atoms with Crippen LogP contribution < -0.4 is 19.6 Å². The highest BCUT2D eigenvalue weighted by Crippen LogP contribution is 2.38. The third-order valence-electron chi connectivity index (χ3n) is 6.30. The maximum atomic E-state index is 13.4. The summed E-state index contributed by atoms with van der Waals surface area (Å²) >= 11 is 10.0. The number of aromatic amines is 1. The highest BCUT2D eigenvalue weighted by molar-refractivity contribution is 9.10. The Morgan fingerprint density at radius 1 is 0.907 bits per heavy atom. The van der Waals surface area contributed by atoms with E-state index in [1.807, 2.05) is 36.4 Å². The second kappa shape index (κ2) is 12.9. The molecule has 0 fully saturated rings. The number of rotatable bonds is 8. The second-order valence-electron chi connectivity index (χ2n) is 9.10. The number of fused-ring (bicyclic) bond motifs is 1. The fourth-order valence-electron chi connectivity index (χ4n) is 4.38. The molecule has 4 aromatic carbocycles. The number of hydrazone groups is 1. The highest BCUT2D eigenvalue weighted by Gasteiger charge is 2.22. The van der Waals surface area contributed by atoms with Crippen LogP contribution in [0.2, 0.25) is 5.02 Å². The van der Waals surface area contributed by atoms with E-state index in [1.165, 1.54) is 38.4 Å². The summed E-state index contributed by atoms with van der Waals surface area (Å²) in [4.78, 5) is 40.8. The van der Waals surface area contributed by atoms with Gasteiger partial charge in [0, 0.05) is 38.5 Å². The van der Waals surface area contributed by atoms with E-state index in [1.54, 1.807) is 30.3 Å². The first-order valence-electron chi connectivity index (χ1n) is 12.8. The van der Waals surface area contributed by atoms with Crippen molar-refractivity contribution in [2.45, 2.75) is 6.92 Å². The molecule has 0 bridgehead atoms. The summed E-state index contributed by atoms with van der Waals surface area (Å²) in [6.07, 6.45) is 1.37. The largest absolute Gasteiger partial charge is 0.493 e. The van der Waals surface area contributed by atoms with Gasteiger partial charge in [-0.05, 0) is 58.4 Å². The zero-order valence-corrected chi connectivity index (χ0v) is 25.2. The fraction of sp³-hybridized carbons (Fsp3) is 0.0625. The van der Waals surface area contributed by atoms with E-state index in [9.17, 15) is 14.4 Å². The van der Waals surface area contributed by atoms with E-state index in [0.29, 0.717) is 21.7 Å². The molecule has 216 valence electrons. The van der Waals surface area contributed by atoms with Crippen molar-refractivity contribution in [1.82, 2.24) is 10.4 Å². The van der Waals surface area contributed by atoms with Crippen molar-refractivity contribution >= 4 is 62.5 Å². The molecule has 43 heavy (non-hydrogen) atoms. The summed E-state index contributed by atoms with van der Waals surface area (Å²) in [5, 5.41) is 5.43. The number of carbonyl (C=O) groups is 3. The van der Waals surface area contributed by atoms with Crippen molar-refractivity contribution in [3.8, 4) is 28.4 Å². The number of para-hydroxylation sites is 2. The number of benzene rings is 4. The molecule has 0 atom stereocenters. The smallest absolute Gasteiger partial charge is 0.343 e. The van der Waals surface area contributed by atoms with Crippen LogP contribution >= 0.6 is 27.5 Å². The van der Waals surface area contributed by atoms with Gasteiger partial charge in [-0.25, -0.2) is 10.2 Å². The number of H-pyrrole nitrogens is 1. The van der Waals surface area contributed by atoms with Crippen LogP contribution in [0.1, 0.15) is 33.3 Å². The molecule has 0 saturated heterocycles. The van der Waals surface area contributed by atoms with Crippen LogP contribution in [-0.4, -0.2) is 36.2 Å². The lowest BCUT2D eigenvalue weighted by Crippen LogP contribution is -2.19. The van der Waals surface area contributed by atoms with Gasteiger partial charge in [0.15, 0.2) is 11.5 Å². The van der Waals surface area contributed by atoms with Crippen LogP contribution in [0.5, 0.6) is 17.2 Å². The topological polar surface area (TPSA) is 119 Å². The number of methoxy groups -OCH3 is 1. The third kappa shape index (κ3) is 6.45. The number of aromatic nitrogens is 1. The Labute approximate surface area is 259 Å². The maximum absolute atomic E-state index is 13.4. The summed E-state index contributed by atoms with van der Waals surface area (Å²) in [5.41, 5.74) is 5.50. The average Bonchev–Trinajstić information content (AvgIpc) is 3.39. The average molecular weight is 661 g/mol. The Morgan fingerprint density at radius 3 is 2.44 bits per heavy atom. The number of hydrogen-bond acceptors (Lipinski definition) is 7. The van der Waals surface area contributed by atoms with Gasteiger partial charge >= 0.3 is 11.9 Å². The van der Waals surface area contributed by atoms with Crippen LogP contribution in [0.4, 0.5) is 0 Å². The Morgan fingerprint density at radius 2 is 1.67 bits per heavy atom. The van der Waals surface area contributed by atoms with Crippen molar-refractivity contribution in [2.24, 2.45) is 5.10 Å². The Bertz CT molecular complexity index is 1900. The summed E-state index contributed by atoms with van der Waals surface area (Å²) in [6.45, 7) is 1.26. The van der Waals surface area contributed by atoms with E-state index in [0.717, 1.165) is 15.4 Å². The summed E-state index contributed by atoms with van der Waals surface area (Å²) in [7, 11) is 1.39. The van der Waals surface area contributed by atoms with E-state index >= 15 is 0 Å². The lowest BCUT2D eigenvalue weighted by atomic mass is 10.0. The van der Waals surface area contributed by atoms with Crippen molar-refractivity contribution in [2.75, 3.05) is 7.11 Å². The van der Waals surface area contributed by atoms with Gasteiger partial charge in [-0.3, -0.25) is 9.59 Å². The molecule has 1 aromatic heterocycles. The minimum absolute atomic E-state index is 0.171. The number of amides is 1. The zero-order chi connectivity index (χ0) is 30.5. The predicted molar refractivity (Wildman–Crippen MR) is 167 cm³/mol. The number of carbonyl (C=O) groups excluding carboxylic acids is 3. The number of ether oxygens (including phenoxy) is 3. The lowest BCUT2D eigenvalue weighted by Gasteiger charge is -2.11. The quantitative estimate of drug-likeness (QED) is 0.0789. The van der Waals surface area contributed by atoms with Crippen LogP contribution in [-0.2, 0) is 4.79 Å². The molecule has 5 aromatic rings. The van der Waals surface area contributed by atoms with Crippen LogP contribution in [0.3, 0.4) is 0 Å². The maximum Gasteiger partial charge on any atom is 0.343 e. The van der Waals surface area contributed by atoms with Crippen LogP contribution in [0.15, 0.2) is 94.5 Å². The molecule has 11 heteroatoms. The Balaban J connectivity index is 1.38. The molecular formula is C32H23BrClN3O6. The van der Waals surface area contributed by atoms with Crippen LogP contribution in [0.25, 0.3) is 22.0 Å². The van der Waals surface area contributed by atoms with E-state index in [4.69, 9.17) is 25.8 Å². The SMILES string of the molecule is COc1cc(C(=O)Oc2ccccc2C=NNC(=O)c2[nH]c3c(Br)cccc3c2-c2ccccc2Cl)ccc1OC(C)=O. The molecule has 0 spiro atoms. The van der Waals surface area contributed by atoms with E-state index in [-0.39, 0.29) is 28.5 Å². The summed E-state index contributed by atoms with van der Waals surface area (Å²) in [5.74, 6) is -1.11. The van der Waals surface area contributed by atoms with E-state index in [2.05, 4.69) is 31.4 Å². The number of halogens is 2. The number of nitrogens with one attached hydrogen (secondary N) is 2. The number of hydrogen-bond donors (Lipinski definition) is 2. The van der Waals surface area contributed by atoms with Gasteiger partial charge in [0.1, 0.15) is 11.4 Å². The molecule has 0 aliphatic carbocycles. The first kappa shape index (κ1) is 29.6. The third-order valence-corrected chi connectivity index (χ3v) is 7.29. The molecule has 1 amide bonds. The minimum atomic E-state index is -0.675. The van der Waals surface area contributed by atoms with Crippen LogP contribution in [0, 0.1) is 0 Å². The molecular weight excluding hydrogens is 638 g/mol. The van der Waals surface area contributed by atoms with Crippen molar-refractivity contribution in [1.29, 1.82) is 0 Å². The molecule has 2 N–H and O–H groups in total. The molecule has 1 heterocycles. The van der Waals surface area contributed by atoms with Gasteiger partial charge in [-0.15, -0.1) is 0 Å². The minimum Gasteiger partial charge on any atom is -0.493 e. The first-order chi connectivity index (χ1) is 20.8. The number of nitrogens with zero attached hydrogens (tertiary/aromatic N) is 1. The van der Waals surface area contributed by atoms with Crippen molar-refractivity contribution in [3.63, 3.8) is 0 Å². The molecule has 9 nitrogen and oxygen atoms in total. The van der Waals surface area contributed by atoms with Crippen molar-refractivity contribution < 1.29 is 28.6 Å². The van der Waals surface area contributed by atoms with Gasteiger partial charge < -0.3 is 19.2 Å². The van der Waals surface area contributed by atoms with Gasteiger partial charge in [-0.2, -0.15) is 5.10 Å². The summed E-state index contributed by atoms with van der Waals surface area (Å²) < 4.78 is 16.7. The predicted octanol–water partition coefficient (Wildman–Crippen LogP) is 7.17. The molecule has 0 radical (unpaired) electrons. The van der Waals surface area contributed by atoms with E-state index < -0.39 is 17.8 Å².